The van der Waals surface area contributed by atoms with Crippen LogP contribution < -0.4 is 0 Å². The number of rotatable bonds is 3. The van der Waals surface area contributed by atoms with Crippen LogP contribution in [0.15, 0.2) is 24.3 Å². The second kappa shape index (κ2) is 25.9. The summed E-state index contributed by atoms with van der Waals surface area (Å²) in [5.74, 6) is 0. The summed E-state index contributed by atoms with van der Waals surface area (Å²) in [5.41, 5.74) is 2.76. The van der Waals surface area contributed by atoms with Crippen molar-refractivity contribution >= 4 is 0 Å². The van der Waals surface area contributed by atoms with Crippen molar-refractivity contribution in [3.8, 4) is 0 Å². The minimum atomic E-state index is 0. The van der Waals surface area contributed by atoms with Crippen molar-refractivity contribution in [1.29, 1.82) is 0 Å². The molecule has 1 aromatic carbocycles. The Hall–Kier alpha value is -0.780. The third-order valence-electron chi connectivity index (χ3n) is 2.24. The molecule has 0 radical (unpaired) electrons. The fourth-order valence-electron chi connectivity index (χ4n) is 1.18. The van der Waals surface area contributed by atoms with Crippen molar-refractivity contribution in [2.75, 3.05) is 0 Å². The Morgan fingerprint density at radius 1 is 0.737 bits per heavy atom. The van der Waals surface area contributed by atoms with Gasteiger partial charge in [0.1, 0.15) is 0 Å². The molecule has 0 heterocycles. The number of hydrogen-bond donors (Lipinski definition) is 0. The molecular formula is C19H40. The lowest BCUT2D eigenvalue weighted by Gasteiger charge is -1.94. The molecule has 0 heteroatoms. The molecule has 0 aromatic heterocycles. The van der Waals surface area contributed by atoms with Gasteiger partial charge in [-0.3, -0.25) is 0 Å². The van der Waals surface area contributed by atoms with Gasteiger partial charge in [-0.15, -0.1) is 0 Å². The summed E-state index contributed by atoms with van der Waals surface area (Å²) < 4.78 is 0. The highest BCUT2D eigenvalue weighted by Crippen LogP contribution is 2.02. The SMILES string of the molecule is C.CC.CC.CCCCC.CCc1ccc(C)cc1. The molecule has 0 aliphatic carbocycles. The van der Waals surface area contributed by atoms with Crippen LogP contribution in [0.5, 0.6) is 0 Å². The van der Waals surface area contributed by atoms with Gasteiger partial charge in [-0.05, 0) is 18.9 Å². The van der Waals surface area contributed by atoms with Crippen LogP contribution in [0, 0.1) is 6.92 Å². The van der Waals surface area contributed by atoms with Crippen LogP contribution in [0.25, 0.3) is 0 Å². The summed E-state index contributed by atoms with van der Waals surface area (Å²) in [7, 11) is 0. The van der Waals surface area contributed by atoms with Crippen molar-refractivity contribution in [1.82, 2.24) is 0 Å². The first-order chi connectivity index (χ1) is 8.74. The number of aryl methyl sites for hydroxylation is 2. The first-order valence-electron chi connectivity index (χ1n) is 7.80. The zero-order valence-electron chi connectivity index (χ0n) is 14.1. The lowest BCUT2D eigenvalue weighted by atomic mass is 10.1. The van der Waals surface area contributed by atoms with E-state index in [-0.39, 0.29) is 7.43 Å². The highest BCUT2D eigenvalue weighted by atomic mass is 13.9. The zero-order valence-corrected chi connectivity index (χ0v) is 14.1. The van der Waals surface area contributed by atoms with E-state index in [0.29, 0.717) is 0 Å². The molecule has 0 nitrogen and oxygen atoms in total. The van der Waals surface area contributed by atoms with Crippen LogP contribution in [0.4, 0.5) is 0 Å². The molecule has 0 saturated carbocycles. The molecule has 0 N–H and O–H groups in total. The predicted octanol–water partition coefficient (Wildman–Crippen LogP) is 7.44. The lowest BCUT2D eigenvalue weighted by molar-refractivity contribution is 0.772. The fraction of sp³-hybridized carbons (Fsp3) is 0.684. The van der Waals surface area contributed by atoms with Gasteiger partial charge >= 0.3 is 0 Å². The average Bonchev–Trinajstić information content (AvgIpc) is 2.46. The Morgan fingerprint density at radius 3 is 1.32 bits per heavy atom. The summed E-state index contributed by atoms with van der Waals surface area (Å²) in [4.78, 5) is 0. The van der Waals surface area contributed by atoms with Crippen LogP contribution in [0.3, 0.4) is 0 Å². The number of unbranched alkanes of at least 4 members (excludes halogenated alkanes) is 2. The molecule has 19 heavy (non-hydrogen) atoms. The van der Waals surface area contributed by atoms with Gasteiger partial charge in [-0.25, -0.2) is 0 Å². The maximum atomic E-state index is 2.21. The number of hydrogen-bond acceptors (Lipinski definition) is 0. The summed E-state index contributed by atoms with van der Waals surface area (Å²) in [6, 6.07) is 8.66. The molecule has 0 fully saturated rings. The normalized spacial score (nSPS) is 7.37. The van der Waals surface area contributed by atoms with Crippen LogP contribution in [0.2, 0.25) is 0 Å². The predicted molar refractivity (Wildman–Crippen MR) is 95.2 cm³/mol. The van der Waals surface area contributed by atoms with E-state index in [1.807, 2.05) is 27.7 Å². The van der Waals surface area contributed by atoms with E-state index in [1.165, 1.54) is 30.4 Å². The molecule has 0 aliphatic rings. The molecule has 116 valence electrons. The van der Waals surface area contributed by atoms with Crippen molar-refractivity contribution in [2.24, 2.45) is 0 Å². The van der Waals surface area contributed by atoms with Gasteiger partial charge in [0.15, 0.2) is 0 Å². The fourth-order valence-corrected chi connectivity index (χ4v) is 1.18. The molecule has 0 spiro atoms. The minimum Gasteiger partial charge on any atom is -0.0776 e. The number of benzene rings is 1. The van der Waals surface area contributed by atoms with Gasteiger partial charge in [0, 0.05) is 0 Å². The molecule has 0 saturated heterocycles. The average molecular weight is 269 g/mol. The van der Waals surface area contributed by atoms with Gasteiger partial charge < -0.3 is 0 Å². The van der Waals surface area contributed by atoms with Gasteiger partial charge in [0.2, 0.25) is 0 Å². The van der Waals surface area contributed by atoms with Crippen LogP contribution >= 0.6 is 0 Å². The molecule has 0 amide bonds. The Bertz CT molecular complexity index is 206. The Balaban J connectivity index is -0.0000000978. The minimum absolute atomic E-state index is 0. The smallest absolute Gasteiger partial charge is 0.0307 e. The van der Waals surface area contributed by atoms with E-state index in [1.54, 1.807) is 0 Å². The summed E-state index contributed by atoms with van der Waals surface area (Å²) in [6.07, 6.45) is 5.22. The highest BCUT2D eigenvalue weighted by Gasteiger charge is 1.84. The Kier molecular flexibility index (Phi) is 36.5. The molecule has 1 aromatic rings. The first-order valence-corrected chi connectivity index (χ1v) is 7.80. The van der Waals surface area contributed by atoms with Crippen molar-refractivity contribution in [3.05, 3.63) is 35.4 Å². The quantitative estimate of drug-likeness (QED) is 0.534. The molecule has 0 bridgehead atoms. The third kappa shape index (κ3) is 22.8. The topological polar surface area (TPSA) is 0 Å². The van der Waals surface area contributed by atoms with E-state index in [4.69, 9.17) is 0 Å². The van der Waals surface area contributed by atoms with Crippen LogP contribution in [-0.2, 0) is 6.42 Å². The second-order valence-corrected chi connectivity index (χ2v) is 3.69. The largest absolute Gasteiger partial charge is 0.0776 e. The van der Waals surface area contributed by atoms with Gasteiger partial charge in [-0.1, -0.05) is 105 Å². The lowest BCUT2D eigenvalue weighted by Crippen LogP contribution is -1.77. The zero-order chi connectivity index (χ0) is 14.8. The first kappa shape index (κ1) is 26.7. The van der Waals surface area contributed by atoms with E-state index >= 15 is 0 Å². The third-order valence-corrected chi connectivity index (χ3v) is 2.24. The molecule has 1 rings (SSSR count). The maximum absolute atomic E-state index is 2.21. The summed E-state index contributed by atoms with van der Waals surface area (Å²) in [5, 5.41) is 0. The van der Waals surface area contributed by atoms with E-state index in [9.17, 15) is 0 Å². The van der Waals surface area contributed by atoms with E-state index in [2.05, 4.69) is 52.0 Å². The Labute approximate surface area is 124 Å². The van der Waals surface area contributed by atoms with E-state index in [0.717, 1.165) is 6.42 Å². The van der Waals surface area contributed by atoms with Crippen molar-refractivity contribution in [2.45, 2.75) is 88.5 Å². The summed E-state index contributed by atoms with van der Waals surface area (Å²) in [6.45, 7) is 16.7. The van der Waals surface area contributed by atoms with Gasteiger partial charge in [0.25, 0.3) is 0 Å². The second-order valence-electron chi connectivity index (χ2n) is 3.69. The summed E-state index contributed by atoms with van der Waals surface area (Å²) >= 11 is 0. The molecular weight excluding hydrogens is 228 g/mol. The standard InChI is InChI=1S/C9H12.C5H12.2C2H6.CH4/c1-3-9-6-4-8(2)5-7-9;1-3-5-4-2;2*1-2;/h4-7H,3H2,1-2H3;3-5H2,1-2H3;2*1-2H3;1H4. The van der Waals surface area contributed by atoms with Crippen molar-refractivity contribution in [3.63, 3.8) is 0 Å². The van der Waals surface area contributed by atoms with Crippen LogP contribution in [-0.4, -0.2) is 0 Å². The highest BCUT2D eigenvalue weighted by molar-refractivity contribution is 5.20. The van der Waals surface area contributed by atoms with Gasteiger partial charge in [-0.2, -0.15) is 0 Å². The van der Waals surface area contributed by atoms with E-state index < -0.39 is 0 Å². The van der Waals surface area contributed by atoms with Gasteiger partial charge in [0.05, 0.1) is 0 Å². The Morgan fingerprint density at radius 2 is 1.11 bits per heavy atom. The molecule has 0 aliphatic heterocycles. The molecule has 0 unspecified atom stereocenters. The van der Waals surface area contributed by atoms with Crippen molar-refractivity contribution < 1.29 is 0 Å². The van der Waals surface area contributed by atoms with Crippen LogP contribution in [0.1, 0.15) is 86.3 Å². The maximum Gasteiger partial charge on any atom is -0.0307 e. The monoisotopic (exact) mass is 268 g/mol. The molecule has 0 atom stereocenters.